The lowest BCUT2D eigenvalue weighted by molar-refractivity contribution is 0.0989. The summed E-state index contributed by atoms with van der Waals surface area (Å²) in [5.74, 6) is 0. The zero-order valence-corrected chi connectivity index (χ0v) is 17.7. The first-order valence-electron chi connectivity index (χ1n) is 10.1. The Bertz CT molecular complexity index is 1420. The summed E-state index contributed by atoms with van der Waals surface area (Å²) in [6.07, 6.45) is 5.06. The Balaban J connectivity index is 1.43. The van der Waals surface area contributed by atoms with Crippen molar-refractivity contribution in [1.82, 2.24) is 14.2 Å². The second kappa shape index (κ2) is 7.25. The predicted molar refractivity (Wildman–Crippen MR) is 123 cm³/mol. The molecule has 0 unspecified atom stereocenters. The second-order valence-corrected chi connectivity index (χ2v) is 8.68. The van der Waals surface area contributed by atoms with Gasteiger partial charge in [-0.2, -0.15) is 18.8 Å². The quantitative estimate of drug-likeness (QED) is 0.326. The van der Waals surface area contributed by atoms with Gasteiger partial charge in [-0.1, -0.05) is 54.6 Å². The predicted octanol–water partition coefficient (Wildman–Crippen LogP) is 5.35. The Hall–Kier alpha value is -4.09. The number of hydrogen-bond acceptors (Lipinski definition) is 4. The summed E-state index contributed by atoms with van der Waals surface area (Å²) >= 11 is 0. The summed E-state index contributed by atoms with van der Waals surface area (Å²) in [5, 5.41) is 2.82. The number of fused-ring (bicyclic) bond motifs is 3. The van der Waals surface area contributed by atoms with Crippen molar-refractivity contribution < 1.29 is 18.4 Å². The van der Waals surface area contributed by atoms with E-state index in [-0.39, 0.29) is 0 Å². The SMILES string of the molecule is O=P(On1ccc2ccccc21)(On1ccc2ccccc21)On1ccc2ccccc21. The van der Waals surface area contributed by atoms with Gasteiger partial charge in [-0.05, 0) is 36.4 Å². The monoisotopic (exact) mass is 443 g/mol. The normalized spacial score (nSPS) is 11.9. The van der Waals surface area contributed by atoms with Gasteiger partial charge in [0.05, 0.1) is 16.6 Å². The van der Waals surface area contributed by atoms with Crippen molar-refractivity contribution in [2.45, 2.75) is 0 Å². The van der Waals surface area contributed by atoms with Gasteiger partial charge >= 0.3 is 7.82 Å². The Labute approximate surface area is 183 Å². The van der Waals surface area contributed by atoms with Gasteiger partial charge in [-0.15, -0.1) is 0 Å². The molecule has 158 valence electrons. The van der Waals surface area contributed by atoms with E-state index in [0.29, 0.717) is 0 Å². The number of hydrogen-bond donors (Lipinski definition) is 0. The molecular formula is C24H18N3O4P. The standard InChI is InChI=1S/C24H18N3O4P/c28-32(29-25-16-13-19-7-1-4-10-22(19)25,30-26-17-14-20-8-2-5-11-23(20)26)31-27-18-15-21-9-3-6-12-24(21)27/h1-18H. The average molecular weight is 443 g/mol. The number of nitrogens with zero attached hydrogens (tertiary/aromatic N) is 3. The zero-order valence-electron chi connectivity index (χ0n) is 16.8. The summed E-state index contributed by atoms with van der Waals surface area (Å²) in [6.45, 7) is 0. The zero-order chi connectivity index (χ0) is 21.5. The fourth-order valence-electron chi connectivity index (χ4n) is 3.75. The Kier molecular flexibility index (Phi) is 4.23. The number of phosphoric acid groups is 1. The third kappa shape index (κ3) is 3.20. The summed E-state index contributed by atoms with van der Waals surface area (Å²) in [6, 6.07) is 28.5. The average Bonchev–Trinajstić information content (AvgIpc) is 3.52. The van der Waals surface area contributed by atoms with Crippen LogP contribution < -0.4 is 13.9 Å². The van der Waals surface area contributed by atoms with Gasteiger partial charge in [0, 0.05) is 34.7 Å². The summed E-state index contributed by atoms with van der Waals surface area (Å²) in [7, 11) is -4.21. The van der Waals surface area contributed by atoms with Crippen LogP contribution in [0.25, 0.3) is 32.7 Å². The highest BCUT2D eigenvalue weighted by atomic mass is 31.2. The molecule has 0 aliphatic rings. The molecule has 0 bridgehead atoms. The maximum Gasteiger partial charge on any atom is 0.705 e. The molecule has 0 aliphatic heterocycles. The fraction of sp³-hybridized carbons (Fsp3) is 0. The molecule has 0 spiro atoms. The first-order valence-corrected chi connectivity index (χ1v) is 11.5. The molecule has 0 amide bonds. The lowest BCUT2D eigenvalue weighted by Crippen LogP contribution is -2.24. The van der Waals surface area contributed by atoms with Gasteiger partial charge in [0.25, 0.3) is 0 Å². The van der Waals surface area contributed by atoms with Gasteiger partial charge in [0.15, 0.2) is 0 Å². The molecular weight excluding hydrogens is 425 g/mol. The second-order valence-electron chi connectivity index (χ2n) is 7.29. The van der Waals surface area contributed by atoms with E-state index in [2.05, 4.69) is 0 Å². The van der Waals surface area contributed by atoms with Crippen molar-refractivity contribution in [3.63, 3.8) is 0 Å². The van der Waals surface area contributed by atoms with Crippen molar-refractivity contribution >= 4 is 40.5 Å². The van der Waals surface area contributed by atoms with E-state index >= 15 is 0 Å². The van der Waals surface area contributed by atoms with Crippen LogP contribution >= 0.6 is 7.82 Å². The van der Waals surface area contributed by atoms with E-state index in [9.17, 15) is 4.57 Å². The molecule has 3 aromatic heterocycles. The number of rotatable bonds is 6. The van der Waals surface area contributed by atoms with Crippen LogP contribution in [-0.2, 0) is 4.57 Å². The molecule has 0 radical (unpaired) electrons. The van der Waals surface area contributed by atoms with Crippen molar-refractivity contribution in [3.05, 3.63) is 110 Å². The fourth-order valence-corrected chi connectivity index (χ4v) is 4.92. The molecule has 0 saturated heterocycles. The van der Waals surface area contributed by atoms with Crippen molar-refractivity contribution in [2.75, 3.05) is 0 Å². The summed E-state index contributed by atoms with van der Waals surface area (Å²) < 4.78 is 35.9. The molecule has 0 N–H and O–H groups in total. The topological polar surface area (TPSA) is 59.6 Å². The van der Waals surface area contributed by atoms with Crippen LogP contribution in [-0.4, -0.2) is 14.2 Å². The van der Waals surface area contributed by atoms with Crippen LogP contribution in [0.15, 0.2) is 110 Å². The van der Waals surface area contributed by atoms with Crippen LogP contribution in [0.5, 0.6) is 0 Å². The third-order valence-electron chi connectivity index (χ3n) is 5.25. The summed E-state index contributed by atoms with van der Waals surface area (Å²) in [5.41, 5.74) is 2.24. The molecule has 0 fully saturated rings. The minimum Gasteiger partial charge on any atom is -0.290 e. The van der Waals surface area contributed by atoms with E-state index in [1.165, 1.54) is 14.2 Å². The largest absolute Gasteiger partial charge is 0.705 e. The van der Waals surface area contributed by atoms with Gasteiger partial charge in [-0.25, -0.2) is 0 Å². The van der Waals surface area contributed by atoms with Gasteiger partial charge in [0.2, 0.25) is 0 Å². The van der Waals surface area contributed by atoms with E-state index in [0.717, 1.165) is 32.7 Å². The van der Waals surface area contributed by atoms with E-state index in [4.69, 9.17) is 13.9 Å². The van der Waals surface area contributed by atoms with E-state index < -0.39 is 7.82 Å². The highest BCUT2D eigenvalue weighted by molar-refractivity contribution is 7.49. The lowest BCUT2D eigenvalue weighted by atomic mass is 10.3. The van der Waals surface area contributed by atoms with Crippen LogP contribution in [0.4, 0.5) is 0 Å². The van der Waals surface area contributed by atoms with Crippen LogP contribution in [0.1, 0.15) is 0 Å². The number of para-hydroxylation sites is 3. The Morgan fingerprint density at radius 2 is 0.781 bits per heavy atom. The first kappa shape index (κ1) is 18.7. The van der Waals surface area contributed by atoms with Crippen LogP contribution in [0, 0.1) is 0 Å². The smallest absolute Gasteiger partial charge is 0.290 e. The minimum absolute atomic E-state index is 0.745. The lowest BCUT2D eigenvalue weighted by Gasteiger charge is -2.20. The molecule has 7 nitrogen and oxygen atoms in total. The molecule has 3 aromatic carbocycles. The molecule has 6 rings (SSSR count). The number of benzene rings is 3. The van der Waals surface area contributed by atoms with Crippen LogP contribution in [0.2, 0.25) is 0 Å². The van der Waals surface area contributed by atoms with Crippen molar-refractivity contribution in [3.8, 4) is 0 Å². The molecule has 3 heterocycles. The van der Waals surface area contributed by atoms with E-state index in [1.807, 2.05) is 91.0 Å². The number of aromatic nitrogens is 3. The van der Waals surface area contributed by atoms with Gasteiger partial charge < -0.3 is 0 Å². The summed E-state index contributed by atoms with van der Waals surface area (Å²) in [4.78, 5) is 0. The van der Waals surface area contributed by atoms with Crippen molar-refractivity contribution in [2.24, 2.45) is 0 Å². The molecule has 0 atom stereocenters. The molecule has 0 saturated carbocycles. The maximum atomic E-state index is 14.0. The molecule has 32 heavy (non-hydrogen) atoms. The molecule has 6 aromatic rings. The third-order valence-corrected chi connectivity index (χ3v) is 6.38. The van der Waals surface area contributed by atoms with Crippen molar-refractivity contribution in [1.29, 1.82) is 0 Å². The van der Waals surface area contributed by atoms with E-state index in [1.54, 1.807) is 18.6 Å². The highest BCUT2D eigenvalue weighted by Gasteiger charge is 2.37. The first-order chi connectivity index (χ1) is 15.7. The molecule has 0 aliphatic carbocycles. The molecule has 8 heteroatoms. The Morgan fingerprint density at radius 3 is 1.12 bits per heavy atom. The van der Waals surface area contributed by atoms with Crippen LogP contribution in [0.3, 0.4) is 0 Å². The van der Waals surface area contributed by atoms with Gasteiger partial charge in [0.1, 0.15) is 0 Å². The maximum absolute atomic E-state index is 14.0. The Morgan fingerprint density at radius 1 is 0.469 bits per heavy atom. The highest BCUT2D eigenvalue weighted by Crippen LogP contribution is 2.41. The van der Waals surface area contributed by atoms with Gasteiger partial charge in [-0.3, -0.25) is 13.9 Å². The minimum atomic E-state index is -4.21.